The van der Waals surface area contributed by atoms with Crippen LogP contribution in [0.4, 0.5) is 5.69 Å². The fraction of sp³-hybridized carbons (Fsp3) is 0.273. The molecule has 0 saturated heterocycles. The molecule has 0 saturated carbocycles. The largest absolute Gasteiger partial charge is 0.384 e. The second-order valence-corrected chi connectivity index (χ2v) is 3.61. The van der Waals surface area contributed by atoms with Crippen molar-refractivity contribution in [3.63, 3.8) is 0 Å². The van der Waals surface area contributed by atoms with Crippen molar-refractivity contribution in [2.24, 2.45) is 0 Å². The second kappa shape index (κ2) is 5.35. The van der Waals surface area contributed by atoms with Gasteiger partial charge in [-0.3, -0.25) is 14.9 Å². The Morgan fingerprint density at radius 2 is 2.11 bits per heavy atom. The topological polar surface area (TPSA) is 124 Å². The van der Waals surface area contributed by atoms with Gasteiger partial charge in [-0.2, -0.15) is 5.26 Å². The highest BCUT2D eigenvalue weighted by Gasteiger charge is 2.26. The van der Waals surface area contributed by atoms with E-state index in [-0.39, 0.29) is 16.9 Å². The molecule has 0 aliphatic carbocycles. The van der Waals surface area contributed by atoms with Gasteiger partial charge in [-0.1, -0.05) is 6.07 Å². The molecule has 7 nitrogen and oxygen atoms in total. The van der Waals surface area contributed by atoms with Crippen molar-refractivity contribution in [1.82, 2.24) is 0 Å². The van der Waals surface area contributed by atoms with Gasteiger partial charge in [-0.05, 0) is 13.0 Å². The van der Waals surface area contributed by atoms with E-state index >= 15 is 0 Å². The molecule has 2 unspecified atom stereocenters. The van der Waals surface area contributed by atoms with Gasteiger partial charge in [0, 0.05) is 11.6 Å². The Labute approximate surface area is 102 Å². The Kier molecular flexibility index (Phi) is 4.09. The zero-order valence-electron chi connectivity index (χ0n) is 9.40. The van der Waals surface area contributed by atoms with Crippen molar-refractivity contribution >= 4 is 11.5 Å². The van der Waals surface area contributed by atoms with Gasteiger partial charge >= 0.3 is 0 Å². The van der Waals surface area contributed by atoms with Gasteiger partial charge in [0.15, 0.2) is 11.9 Å². The number of ketones is 1. The normalized spacial score (nSPS) is 13.4. The van der Waals surface area contributed by atoms with Crippen LogP contribution in [0.15, 0.2) is 18.2 Å². The summed E-state index contributed by atoms with van der Waals surface area (Å²) in [4.78, 5) is 21.2. The van der Waals surface area contributed by atoms with Gasteiger partial charge in [0.05, 0.1) is 16.6 Å². The van der Waals surface area contributed by atoms with Crippen LogP contribution < -0.4 is 0 Å². The van der Waals surface area contributed by atoms with E-state index in [1.807, 2.05) is 0 Å². The maximum absolute atomic E-state index is 11.1. The summed E-state index contributed by atoms with van der Waals surface area (Å²) >= 11 is 0. The summed E-state index contributed by atoms with van der Waals surface area (Å²) in [6.07, 6.45) is -3.47. The van der Waals surface area contributed by atoms with Crippen molar-refractivity contribution < 1.29 is 19.9 Å². The molecule has 0 heterocycles. The lowest BCUT2D eigenvalue weighted by molar-refractivity contribution is -0.386. The van der Waals surface area contributed by atoms with Crippen LogP contribution in [-0.4, -0.2) is 27.0 Å². The van der Waals surface area contributed by atoms with Crippen LogP contribution in [0.2, 0.25) is 0 Å². The van der Waals surface area contributed by atoms with E-state index in [2.05, 4.69) is 0 Å². The molecule has 1 aromatic rings. The number of nitro benzene ring substituents is 1. The molecule has 0 aliphatic rings. The molecule has 0 aromatic heterocycles. The van der Waals surface area contributed by atoms with Crippen molar-refractivity contribution in [2.75, 3.05) is 0 Å². The zero-order chi connectivity index (χ0) is 13.9. The third kappa shape index (κ3) is 2.68. The van der Waals surface area contributed by atoms with Crippen LogP contribution >= 0.6 is 0 Å². The number of nitriles is 1. The lowest BCUT2D eigenvalue weighted by Gasteiger charge is -2.12. The minimum atomic E-state index is -1.77. The number of hydrogen-bond donors (Lipinski definition) is 2. The van der Waals surface area contributed by atoms with Crippen molar-refractivity contribution in [3.05, 3.63) is 39.4 Å². The zero-order valence-corrected chi connectivity index (χ0v) is 9.40. The highest BCUT2D eigenvalue weighted by atomic mass is 16.6. The molecule has 2 atom stereocenters. The van der Waals surface area contributed by atoms with Crippen LogP contribution in [0, 0.1) is 21.4 Å². The molecular weight excluding hydrogens is 240 g/mol. The Bertz CT molecular complexity index is 535. The van der Waals surface area contributed by atoms with Gasteiger partial charge in [0.1, 0.15) is 6.10 Å². The molecule has 94 valence electrons. The molecule has 0 amide bonds. The molecule has 0 fully saturated rings. The lowest BCUT2D eigenvalue weighted by atomic mass is 10.00. The molecule has 0 spiro atoms. The van der Waals surface area contributed by atoms with Crippen LogP contribution in [0.5, 0.6) is 0 Å². The van der Waals surface area contributed by atoms with E-state index in [0.29, 0.717) is 0 Å². The Hall–Kier alpha value is -2.30. The number of Topliss-reactive ketones (excluding diaryl/α,β-unsaturated/α-hetero) is 1. The molecule has 2 N–H and O–H groups in total. The fourth-order valence-electron chi connectivity index (χ4n) is 1.41. The van der Waals surface area contributed by atoms with Gasteiger partial charge in [0.2, 0.25) is 0 Å². The van der Waals surface area contributed by atoms with Crippen LogP contribution in [-0.2, 0) is 0 Å². The number of aliphatic hydroxyl groups is 2. The molecule has 0 radical (unpaired) electrons. The van der Waals surface area contributed by atoms with Crippen molar-refractivity contribution in [2.45, 2.75) is 19.1 Å². The van der Waals surface area contributed by atoms with E-state index in [0.717, 1.165) is 12.1 Å². The van der Waals surface area contributed by atoms with Crippen molar-refractivity contribution in [3.8, 4) is 6.07 Å². The summed E-state index contributed by atoms with van der Waals surface area (Å²) < 4.78 is 0. The first-order valence-electron chi connectivity index (χ1n) is 4.93. The van der Waals surface area contributed by atoms with Crippen LogP contribution in [0.25, 0.3) is 0 Å². The van der Waals surface area contributed by atoms with Gasteiger partial charge < -0.3 is 10.2 Å². The molecule has 0 aliphatic heterocycles. The molecule has 1 aromatic carbocycles. The highest BCUT2D eigenvalue weighted by molar-refractivity contribution is 5.94. The monoisotopic (exact) mass is 250 g/mol. The third-order valence-corrected chi connectivity index (χ3v) is 2.38. The first kappa shape index (κ1) is 13.8. The predicted molar refractivity (Wildman–Crippen MR) is 59.7 cm³/mol. The number of aliphatic hydroxyl groups excluding tert-OH is 2. The summed E-state index contributed by atoms with van der Waals surface area (Å²) in [6, 6.07) is 4.83. The third-order valence-electron chi connectivity index (χ3n) is 2.38. The van der Waals surface area contributed by atoms with Crippen LogP contribution in [0.1, 0.15) is 28.9 Å². The minimum Gasteiger partial charge on any atom is -0.384 e. The average Bonchev–Trinajstić information content (AvgIpc) is 2.35. The number of carbonyl (C=O) groups excluding carboxylic acids is 1. The maximum Gasteiger partial charge on any atom is 0.276 e. The summed E-state index contributed by atoms with van der Waals surface area (Å²) in [7, 11) is 0. The SMILES string of the molecule is CC(=O)c1ccc(C(O)C(O)C#N)c([N+](=O)[O-])c1. The fourth-order valence-corrected chi connectivity index (χ4v) is 1.41. The second-order valence-electron chi connectivity index (χ2n) is 3.61. The number of nitrogens with zero attached hydrogens (tertiary/aromatic N) is 2. The molecule has 18 heavy (non-hydrogen) atoms. The molecule has 7 heteroatoms. The summed E-state index contributed by atoms with van der Waals surface area (Å²) in [6.45, 7) is 1.25. The molecule has 0 bridgehead atoms. The van der Waals surface area contributed by atoms with E-state index in [1.54, 1.807) is 0 Å². The maximum atomic E-state index is 11.1. The number of nitro groups is 1. The molecular formula is C11H10N2O5. The van der Waals surface area contributed by atoms with Gasteiger partial charge in [-0.15, -0.1) is 0 Å². The highest BCUT2D eigenvalue weighted by Crippen LogP contribution is 2.28. The molecule has 1 rings (SSSR count). The average molecular weight is 250 g/mol. The first-order valence-corrected chi connectivity index (χ1v) is 4.93. The Balaban J connectivity index is 3.33. The van der Waals surface area contributed by atoms with Gasteiger partial charge in [-0.25, -0.2) is 0 Å². The van der Waals surface area contributed by atoms with E-state index in [1.165, 1.54) is 19.1 Å². The number of carbonyl (C=O) groups is 1. The quantitative estimate of drug-likeness (QED) is 0.351. The van der Waals surface area contributed by atoms with Crippen LogP contribution in [0.3, 0.4) is 0 Å². The summed E-state index contributed by atoms with van der Waals surface area (Å²) in [5.41, 5.74) is -0.604. The lowest BCUT2D eigenvalue weighted by Crippen LogP contribution is -2.17. The number of benzene rings is 1. The number of rotatable bonds is 4. The standard InChI is InChI=1S/C11H10N2O5/c1-6(14)7-2-3-8(9(4-7)13(17)18)11(16)10(15)5-12/h2-4,10-11,15-16H,1H3. The predicted octanol–water partition coefficient (Wildman–Crippen LogP) is 0.715. The Morgan fingerprint density at radius 3 is 2.56 bits per heavy atom. The minimum absolute atomic E-state index is 0.115. The van der Waals surface area contributed by atoms with E-state index < -0.39 is 22.8 Å². The Morgan fingerprint density at radius 1 is 1.50 bits per heavy atom. The smallest absolute Gasteiger partial charge is 0.276 e. The summed E-state index contributed by atoms with van der Waals surface area (Å²) in [5, 5.41) is 38.0. The first-order chi connectivity index (χ1) is 8.38. The van der Waals surface area contributed by atoms with Crippen molar-refractivity contribution in [1.29, 1.82) is 5.26 Å². The van der Waals surface area contributed by atoms with E-state index in [9.17, 15) is 20.0 Å². The van der Waals surface area contributed by atoms with Gasteiger partial charge in [0.25, 0.3) is 5.69 Å². The van der Waals surface area contributed by atoms with E-state index in [4.69, 9.17) is 10.4 Å². The number of hydrogen-bond acceptors (Lipinski definition) is 6. The summed E-state index contributed by atoms with van der Waals surface area (Å²) in [5.74, 6) is -0.361.